The van der Waals surface area contributed by atoms with Gasteiger partial charge in [-0.25, -0.2) is 0 Å². The molecule has 2 rings (SSSR count). The summed E-state index contributed by atoms with van der Waals surface area (Å²) in [5.41, 5.74) is 0. The molecule has 7 heteroatoms. The predicted octanol–water partition coefficient (Wildman–Crippen LogP) is 1.68. The van der Waals surface area contributed by atoms with Crippen molar-refractivity contribution < 1.29 is 9.47 Å². The van der Waals surface area contributed by atoms with Gasteiger partial charge in [0.1, 0.15) is 0 Å². The Morgan fingerprint density at radius 3 is 2.55 bits per heavy atom. The Hall–Kier alpha value is -1.63. The Labute approximate surface area is 119 Å². The quantitative estimate of drug-likeness (QED) is 0.821. The van der Waals surface area contributed by atoms with Crippen LogP contribution in [0.4, 0.5) is 11.9 Å². The molecule has 0 aliphatic heterocycles. The summed E-state index contributed by atoms with van der Waals surface area (Å²) >= 11 is 0. The van der Waals surface area contributed by atoms with Crippen LogP contribution >= 0.6 is 0 Å². The summed E-state index contributed by atoms with van der Waals surface area (Å²) < 4.78 is 11.0. The summed E-state index contributed by atoms with van der Waals surface area (Å²) in [6.45, 7) is 3.88. The molecule has 0 spiro atoms. The molecule has 2 atom stereocenters. The van der Waals surface area contributed by atoms with E-state index in [2.05, 4.69) is 25.6 Å². The fourth-order valence-electron chi connectivity index (χ4n) is 2.34. The monoisotopic (exact) mass is 281 g/mol. The molecule has 2 N–H and O–H groups in total. The van der Waals surface area contributed by atoms with Gasteiger partial charge in [-0.15, -0.1) is 0 Å². The van der Waals surface area contributed by atoms with E-state index in [1.807, 2.05) is 13.8 Å². The van der Waals surface area contributed by atoms with Crippen molar-refractivity contribution in [2.24, 2.45) is 0 Å². The Morgan fingerprint density at radius 1 is 1.15 bits per heavy atom. The van der Waals surface area contributed by atoms with Gasteiger partial charge >= 0.3 is 6.01 Å². The smallest absolute Gasteiger partial charge is 0.323 e. The van der Waals surface area contributed by atoms with E-state index in [0.717, 1.165) is 19.3 Å². The molecular formula is C13H23N5O2. The first-order valence-corrected chi connectivity index (χ1v) is 7.02. The highest BCUT2D eigenvalue weighted by molar-refractivity contribution is 5.36. The average Bonchev–Trinajstić information content (AvgIpc) is 2.84. The molecule has 2 unspecified atom stereocenters. The van der Waals surface area contributed by atoms with E-state index < -0.39 is 0 Å². The van der Waals surface area contributed by atoms with E-state index >= 15 is 0 Å². The number of anilines is 2. The standard InChI is InChI=1S/C13H23N5O2/c1-8(2)20-13-17-11(14-3)16-12(18-13)15-9-6-5-7-10(9)19-4/h8-10H,5-7H2,1-4H3,(H2,14,15,16,17,18). The van der Waals surface area contributed by atoms with Gasteiger partial charge < -0.3 is 20.1 Å². The van der Waals surface area contributed by atoms with Crippen molar-refractivity contribution in [1.29, 1.82) is 0 Å². The highest BCUT2D eigenvalue weighted by Gasteiger charge is 2.28. The van der Waals surface area contributed by atoms with Crippen molar-refractivity contribution in [3.05, 3.63) is 0 Å². The normalized spacial score (nSPS) is 22.1. The zero-order valence-corrected chi connectivity index (χ0v) is 12.5. The van der Waals surface area contributed by atoms with Crippen LogP contribution in [0, 0.1) is 0 Å². The minimum atomic E-state index is 0.0214. The van der Waals surface area contributed by atoms with Gasteiger partial charge in [0.25, 0.3) is 0 Å². The SMILES string of the molecule is CNc1nc(NC2CCCC2OC)nc(OC(C)C)n1. The summed E-state index contributed by atoms with van der Waals surface area (Å²) in [4.78, 5) is 12.8. The third kappa shape index (κ3) is 3.69. The van der Waals surface area contributed by atoms with Gasteiger partial charge in [-0.05, 0) is 33.1 Å². The zero-order chi connectivity index (χ0) is 14.5. The number of rotatable bonds is 6. The lowest BCUT2D eigenvalue weighted by Gasteiger charge is -2.20. The fraction of sp³-hybridized carbons (Fsp3) is 0.769. The van der Waals surface area contributed by atoms with Crippen molar-refractivity contribution in [2.75, 3.05) is 24.8 Å². The van der Waals surface area contributed by atoms with Crippen LogP contribution in [0.25, 0.3) is 0 Å². The lowest BCUT2D eigenvalue weighted by molar-refractivity contribution is 0.101. The second kappa shape index (κ2) is 6.69. The van der Waals surface area contributed by atoms with Crippen LogP contribution < -0.4 is 15.4 Å². The molecular weight excluding hydrogens is 258 g/mol. The number of hydrogen-bond donors (Lipinski definition) is 2. The topological polar surface area (TPSA) is 81.2 Å². The van der Waals surface area contributed by atoms with Crippen LogP contribution in [-0.4, -0.2) is 47.4 Å². The van der Waals surface area contributed by atoms with Gasteiger partial charge in [0.15, 0.2) is 0 Å². The number of methoxy groups -OCH3 is 1. The van der Waals surface area contributed by atoms with E-state index in [4.69, 9.17) is 9.47 Å². The van der Waals surface area contributed by atoms with Crippen molar-refractivity contribution in [3.63, 3.8) is 0 Å². The number of aromatic nitrogens is 3. The average molecular weight is 281 g/mol. The highest BCUT2D eigenvalue weighted by Crippen LogP contribution is 2.24. The van der Waals surface area contributed by atoms with Gasteiger partial charge in [0, 0.05) is 14.2 Å². The van der Waals surface area contributed by atoms with E-state index in [0.29, 0.717) is 17.9 Å². The van der Waals surface area contributed by atoms with Gasteiger partial charge in [-0.1, -0.05) is 0 Å². The van der Waals surface area contributed by atoms with E-state index in [-0.39, 0.29) is 18.2 Å². The molecule has 1 aliphatic rings. The van der Waals surface area contributed by atoms with Gasteiger partial charge in [-0.3, -0.25) is 0 Å². The van der Waals surface area contributed by atoms with Gasteiger partial charge in [0.2, 0.25) is 11.9 Å². The summed E-state index contributed by atoms with van der Waals surface area (Å²) in [7, 11) is 3.51. The lowest BCUT2D eigenvalue weighted by atomic mass is 10.2. The predicted molar refractivity (Wildman–Crippen MR) is 77.2 cm³/mol. The molecule has 0 amide bonds. The molecule has 1 heterocycles. The molecule has 1 aromatic heterocycles. The summed E-state index contributed by atoms with van der Waals surface area (Å²) in [6.07, 6.45) is 3.50. The molecule has 1 saturated carbocycles. The van der Waals surface area contributed by atoms with Crippen LogP contribution in [0.5, 0.6) is 6.01 Å². The number of hydrogen-bond acceptors (Lipinski definition) is 7. The van der Waals surface area contributed by atoms with Crippen LogP contribution in [-0.2, 0) is 4.74 Å². The second-order valence-electron chi connectivity index (χ2n) is 5.14. The van der Waals surface area contributed by atoms with Crippen LogP contribution in [0.15, 0.2) is 0 Å². The maximum atomic E-state index is 5.54. The second-order valence-corrected chi connectivity index (χ2v) is 5.14. The first-order valence-electron chi connectivity index (χ1n) is 7.02. The van der Waals surface area contributed by atoms with Crippen molar-refractivity contribution in [2.45, 2.75) is 51.4 Å². The number of nitrogens with zero attached hydrogens (tertiary/aromatic N) is 3. The largest absolute Gasteiger partial charge is 0.461 e. The fourth-order valence-corrected chi connectivity index (χ4v) is 2.34. The van der Waals surface area contributed by atoms with Crippen LogP contribution in [0.2, 0.25) is 0 Å². The van der Waals surface area contributed by atoms with Crippen molar-refractivity contribution in [3.8, 4) is 6.01 Å². The number of ether oxygens (including phenoxy) is 2. The lowest BCUT2D eigenvalue weighted by Crippen LogP contribution is -2.30. The van der Waals surface area contributed by atoms with Crippen LogP contribution in [0.1, 0.15) is 33.1 Å². The Balaban J connectivity index is 2.13. The molecule has 7 nitrogen and oxygen atoms in total. The minimum Gasteiger partial charge on any atom is -0.461 e. The van der Waals surface area contributed by atoms with Gasteiger partial charge in [-0.2, -0.15) is 15.0 Å². The summed E-state index contributed by atoms with van der Waals surface area (Å²) in [6, 6.07) is 0.563. The minimum absolute atomic E-state index is 0.0214. The van der Waals surface area contributed by atoms with Crippen molar-refractivity contribution >= 4 is 11.9 Å². The molecule has 0 aromatic carbocycles. The van der Waals surface area contributed by atoms with E-state index in [1.54, 1.807) is 14.2 Å². The third-order valence-electron chi connectivity index (χ3n) is 3.25. The maximum Gasteiger partial charge on any atom is 0.323 e. The molecule has 0 radical (unpaired) electrons. The van der Waals surface area contributed by atoms with E-state index in [1.165, 1.54) is 0 Å². The first kappa shape index (κ1) is 14.8. The zero-order valence-electron chi connectivity index (χ0n) is 12.5. The highest BCUT2D eigenvalue weighted by atomic mass is 16.5. The molecule has 0 bridgehead atoms. The Morgan fingerprint density at radius 2 is 1.90 bits per heavy atom. The summed E-state index contributed by atoms with van der Waals surface area (Å²) in [5, 5.41) is 6.24. The molecule has 20 heavy (non-hydrogen) atoms. The first-order chi connectivity index (χ1) is 9.62. The van der Waals surface area contributed by atoms with Gasteiger partial charge in [0.05, 0.1) is 18.2 Å². The van der Waals surface area contributed by atoms with E-state index in [9.17, 15) is 0 Å². The Bertz CT molecular complexity index is 441. The van der Waals surface area contributed by atoms with Crippen LogP contribution in [0.3, 0.4) is 0 Å². The molecule has 1 aromatic rings. The molecule has 112 valence electrons. The molecule has 1 fully saturated rings. The molecule has 0 saturated heterocycles. The summed E-state index contributed by atoms with van der Waals surface area (Å²) in [5.74, 6) is 1.01. The molecule has 1 aliphatic carbocycles. The third-order valence-corrected chi connectivity index (χ3v) is 3.25. The Kier molecular flexibility index (Phi) is 4.94. The maximum absolute atomic E-state index is 5.54. The number of nitrogens with one attached hydrogen (secondary N) is 2. The van der Waals surface area contributed by atoms with Crippen molar-refractivity contribution in [1.82, 2.24) is 15.0 Å².